The highest BCUT2D eigenvalue weighted by Crippen LogP contribution is 2.31. The van der Waals surface area contributed by atoms with Crippen LogP contribution in [0.4, 0.5) is 5.82 Å². The van der Waals surface area contributed by atoms with Gasteiger partial charge in [-0.3, -0.25) is 14.4 Å². The zero-order chi connectivity index (χ0) is 27.2. The van der Waals surface area contributed by atoms with Gasteiger partial charge in [-0.25, -0.2) is 9.59 Å². The van der Waals surface area contributed by atoms with E-state index in [1.54, 1.807) is 0 Å². The van der Waals surface area contributed by atoms with Crippen molar-refractivity contribution in [3.63, 3.8) is 0 Å². The minimum Gasteiger partial charge on any atom is -0.479 e. The third kappa shape index (κ3) is 6.53. The first-order valence-corrected chi connectivity index (χ1v) is 10.5. The maximum absolute atomic E-state index is 12.4. The van der Waals surface area contributed by atoms with Crippen LogP contribution in [0.2, 0.25) is 0 Å². The van der Waals surface area contributed by atoms with Crippen molar-refractivity contribution in [2.75, 3.05) is 18.9 Å². The molecule has 1 aliphatic heterocycles. The van der Waals surface area contributed by atoms with E-state index in [1.807, 2.05) is 0 Å². The van der Waals surface area contributed by atoms with Crippen molar-refractivity contribution in [3.8, 4) is 0 Å². The van der Waals surface area contributed by atoms with Crippen molar-refractivity contribution in [2.45, 2.75) is 49.1 Å². The number of carboxylic acid groups (broad SMARTS) is 1. The molecule has 2 rings (SSSR count). The second-order valence-corrected chi connectivity index (χ2v) is 8.01. The molecule has 0 aromatic carbocycles. The van der Waals surface area contributed by atoms with Gasteiger partial charge in [0.1, 0.15) is 18.0 Å². The Balaban J connectivity index is 2.52. The smallest absolute Gasteiger partial charge is 0.351 e. The first-order chi connectivity index (χ1) is 16.8. The Morgan fingerprint density at radius 3 is 2.53 bits per heavy atom. The summed E-state index contributed by atoms with van der Waals surface area (Å²) in [6.45, 7) is -1.77. The van der Waals surface area contributed by atoms with Gasteiger partial charge < -0.3 is 58.5 Å². The van der Waals surface area contributed by atoms with E-state index in [1.165, 1.54) is 12.2 Å². The zero-order valence-corrected chi connectivity index (χ0v) is 19.0. The van der Waals surface area contributed by atoms with Crippen molar-refractivity contribution in [2.24, 2.45) is 22.2 Å². The fourth-order valence-corrected chi connectivity index (χ4v) is 3.43. The summed E-state index contributed by atoms with van der Waals surface area (Å²) in [6, 6.07) is -2.73. The molecule has 0 fully saturated rings. The van der Waals surface area contributed by atoms with Crippen LogP contribution in [0.3, 0.4) is 0 Å². The lowest BCUT2D eigenvalue weighted by Crippen LogP contribution is -2.63. The van der Waals surface area contributed by atoms with Crippen molar-refractivity contribution < 1.29 is 39.9 Å². The monoisotopic (exact) mass is 514 g/mol. The number of nitrogens with two attached hydrogens (primary N) is 4. The average molecular weight is 514 g/mol. The van der Waals surface area contributed by atoms with Crippen LogP contribution < -0.4 is 33.9 Å². The summed E-state index contributed by atoms with van der Waals surface area (Å²) in [5.41, 5.74) is 17.8. The summed E-state index contributed by atoms with van der Waals surface area (Å²) < 4.78 is 6.62. The number of carboxylic acids is 1. The molecule has 0 saturated carbocycles. The fraction of sp³-hybridized carbons (Fsp3) is 0.526. The molecule has 1 aliphatic rings. The molecule has 36 heavy (non-hydrogen) atoms. The number of carbonyl (C=O) groups excluding carboxylic acids is 1. The highest BCUT2D eigenvalue weighted by Gasteiger charge is 2.52. The molecular formula is C19H30N8O9. The van der Waals surface area contributed by atoms with Gasteiger partial charge in [0.2, 0.25) is 5.91 Å². The Hall–Kier alpha value is -3.61. The largest absolute Gasteiger partial charge is 0.479 e. The molecule has 1 amide bonds. The summed E-state index contributed by atoms with van der Waals surface area (Å²) in [7, 11) is 0. The maximum atomic E-state index is 12.4. The molecule has 0 bridgehead atoms. The average Bonchev–Trinajstić information content (AvgIpc) is 2.82. The number of guanidine groups is 1. The molecule has 2 heterocycles. The van der Waals surface area contributed by atoms with Crippen LogP contribution in [0, 0.1) is 0 Å². The van der Waals surface area contributed by atoms with Crippen molar-refractivity contribution >= 4 is 23.7 Å². The number of nitrogens with zero attached hydrogens (tertiary/aromatic N) is 3. The van der Waals surface area contributed by atoms with Crippen LogP contribution in [-0.2, 0) is 20.9 Å². The van der Waals surface area contributed by atoms with Crippen molar-refractivity contribution in [1.82, 2.24) is 14.9 Å². The first kappa shape index (κ1) is 28.6. The van der Waals surface area contributed by atoms with E-state index in [0.717, 1.165) is 10.8 Å². The number of aromatic nitrogens is 2. The number of rotatable bonds is 11. The maximum Gasteiger partial charge on any atom is 0.351 e. The van der Waals surface area contributed by atoms with Crippen molar-refractivity contribution in [1.29, 1.82) is 0 Å². The summed E-state index contributed by atoms with van der Waals surface area (Å²) in [6.07, 6.45) is -2.01. The van der Waals surface area contributed by atoms with Gasteiger partial charge in [-0.15, -0.1) is 0 Å². The number of aliphatic hydroxyl groups excluding tert-OH is 3. The summed E-state index contributed by atoms with van der Waals surface area (Å²) in [5.74, 6) is -3.36. The number of aliphatic hydroxyl groups is 4. The Labute approximate surface area is 203 Å². The van der Waals surface area contributed by atoms with Gasteiger partial charge in [0.15, 0.2) is 17.8 Å². The number of nitrogen functional groups attached to an aromatic ring is 1. The van der Waals surface area contributed by atoms with Gasteiger partial charge in [-0.05, 0) is 6.08 Å². The van der Waals surface area contributed by atoms with E-state index < -0.39 is 79.9 Å². The third-order valence-corrected chi connectivity index (χ3v) is 5.32. The Morgan fingerprint density at radius 1 is 1.31 bits per heavy atom. The van der Waals surface area contributed by atoms with Gasteiger partial charge in [0, 0.05) is 18.2 Å². The quantitative estimate of drug-likeness (QED) is 0.0748. The minimum absolute atomic E-state index is 0.0636. The predicted octanol–water partition coefficient (Wildman–Crippen LogP) is -5.58. The van der Waals surface area contributed by atoms with E-state index in [2.05, 4.69) is 15.3 Å². The van der Waals surface area contributed by atoms with Gasteiger partial charge in [-0.1, -0.05) is 6.08 Å². The lowest BCUT2D eigenvalue weighted by molar-refractivity contribution is -0.197. The summed E-state index contributed by atoms with van der Waals surface area (Å²) >= 11 is 0. The highest BCUT2D eigenvalue weighted by atomic mass is 16.5. The molecule has 0 spiro atoms. The van der Waals surface area contributed by atoms with Gasteiger partial charge >= 0.3 is 11.7 Å². The van der Waals surface area contributed by atoms with E-state index in [4.69, 9.17) is 32.8 Å². The minimum atomic E-state index is -2.87. The van der Waals surface area contributed by atoms with Gasteiger partial charge in [-0.2, -0.15) is 4.98 Å². The van der Waals surface area contributed by atoms with Crippen LogP contribution in [0.5, 0.6) is 0 Å². The van der Waals surface area contributed by atoms with E-state index in [9.17, 15) is 34.8 Å². The number of aliphatic carboxylic acids is 1. The number of aliphatic imine (C=N–C) groups is 1. The molecule has 0 saturated heterocycles. The van der Waals surface area contributed by atoms with E-state index in [0.29, 0.717) is 0 Å². The molecule has 0 radical (unpaired) electrons. The second kappa shape index (κ2) is 11.9. The molecular weight excluding hydrogens is 484 g/mol. The topological polar surface area (TPSA) is 308 Å². The van der Waals surface area contributed by atoms with Gasteiger partial charge in [0.25, 0.3) is 0 Å². The second-order valence-electron chi connectivity index (χ2n) is 8.01. The first-order valence-electron chi connectivity index (χ1n) is 10.5. The standard InChI is InChI=1S/C19H30N8O9/c20-10(7-29)15(31)25-11-1-2-12(27-5-8(6-28)14(21)26-18(27)34)36-13(11)19(35,16(32)33)3-9(30)4-24-17(22)23/h1-2,5,9-13,28-30,35H,3-4,6-7,20H2,(H,25,31)(H,32,33)(H2,21,26,34)(H4,22,23,24)/t9?,10?,11-,12+,13-,19?/m0/s1. The number of amides is 1. The molecule has 1 aromatic heterocycles. The molecule has 17 heteroatoms. The molecule has 200 valence electrons. The fourth-order valence-electron chi connectivity index (χ4n) is 3.43. The van der Waals surface area contributed by atoms with Crippen LogP contribution in [0.1, 0.15) is 18.2 Å². The van der Waals surface area contributed by atoms with Crippen LogP contribution in [-0.4, -0.2) is 96.0 Å². The van der Waals surface area contributed by atoms with Crippen molar-refractivity contribution in [3.05, 3.63) is 34.4 Å². The van der Waals surface area contributed by atoms with Crippen LogP contribution >= 0.6 is 0 Å². The number of nitrogens with one attached hydrogen (secondary N) is 1. The number of carbonyl (C=O) groups is 2. The Morgan fingerprint density at radius 2 is 1.97 bits per heavy atom. The lowest BCUT2D eigenvalue weighted by atomic mass is 9.84. The van der Waals surface area contributed by atoms with Crippen LogP contribution in [0.15, 0.2) is 28.1 Å². The highest BCUT2D eigenvalue weighted by molar-refractivity contribution is 5.83. The Kier molecular flexibility index (Phi) is 9.45. The van der Waals surface area contributed by atoms with Gasteiger partial charge in [0.05, 0.1) is 31.9 Å². The number of ether oxygens (including phenoxy) is 1. The van der Waals surface area contributed by atoms with E-state index >= 15 is 0 Å². The molecule has 14 N–H and O–H groups in total. The van der Waals surface area contributed by atoms with E-state index in [-0.39, 0.29) is 17.3 Å². The lowest BCUT2D eigenvalue weighted by Gasteiger charge is -2.41. The SMILES string of the molecule is NC(N)=NCC(O)CC(O)(C(=O)O)[C@H]1O[C@@H](n2cc(CO)c(N)nc2=O)C=C[C@@H]1NC(=O)C(N)CO. The summed E-state index contributed by atoms with van der Waals surface area (Å²) in [5, 5.41) is 52.3. The number of hydrogen-bond donors (Lipinski definition) is 10. The van der Waals surface area contributed by atoms with Crippen LogP contribution in [0.25, 0.3) is 0 Å². The predicted molar refractivity (Wildman–Crippen MR) is 123 cm³/mol. The molecule has 6 atom stereocenters. The molecule has 17 nitrogen and oxygen atoms in total. The third-order valence-electron chi connectivity index (χ3n) is 5.32. The number of anilines is 1. The number of hydrogen-bond acceptors (Lipinski definition) is 12. The normalized spacial score (nSPS) is 22.8. The molecule has 0 aliphatic carbocycles. The molecule has 1 aromatic rings. The summed E-state index contributed by atoms with van der Waals surface area (Å²) in [4.78, 5) is 44.1. The zero-order valence-electron chi connectivity index (χ0n) is 19.0. The molecule has 3 unspecified atom stereocenters. The Bertz CT molecular complexity index is 1070.